The van der Waals surface area contributed by atoms with Gasteiger partial charge in [-0.25, -0.2) is 0 Å². The summed E-state index contributed by atoms with van der Waals surface area (Å²) in [5.74, 6) is 1.16. The molecule has 1 aliphatic rings. The first-order chi connectivity index (χ1) is 10.6. The highest BCUT2D eigenvalue weighted by molar-refractivity contribution is 8.00. The summed E-state index contributed by atoms with van der Waals surface area (Å²) in [5.41, 5.74) is 3.03. The minimum absolute atomic E-state index is 0.146. The van der Waals surface area contributed by atoms with E-state index in [9.17, 15) is 4.79 Å². The fraction of sp³-hybridized carbons (Fsp3) is 0.412. The Hall–Kier alpha value is -1.75. The third-order valence-corrected chi connectivity index (χ3v) is 5.25. The molecule has 0 unspecified atom stereocenters. The third kappa shape index (κ3) is 3.19. The normalized spacial score (nSPS) is 21.8. The van der Waals surface area contributed by atoms with Crippen LogP contribution < -0.4 is 0 Å². The smallest absolute Gasteiger partial charge is 0.229 e. The minimum atomic E-state index is 0.146. The van der Waals surface area contributed by atoms with Crippen LogP contribution in [0.1, 0.15) is 29.9 Å². The maximum atomic E-state index is 12.8. The van der Waals surface area contributed by atoms with Crippen molar-refractivity contribution < 1.29 is 4.79 Å². The zero-order chi connectivity index (χ0) is 15.5. The first kappa shape index (κ1) is 15.2. The maximum absolute atomic E-state index is 12.8. The molecule has 0 radical (unpaired) electrons. The van der Waals surface area contributed by atoms with Crippen molar-refractivity contribution in [3.63, 3.8) is 0 Å². The Bertz CT molecular complexity index is 640. The summed E-state index contributed by atoms with van der Waals surface area (Å²) < 4.78 is 0. The molecule has 1 aromatic heterocycles. The highest BCUT2D eigenvalue weighted by Gasteiger charge is 2.33. The van der Waals surface area contributed by atoms with Crippen LogP contribution in [-0.2, 0) is 11.2 Å². The molecule has 2 aromatic rings. The molecule has 2 atom stereocenters. The zero-order valence-electron chi connectivity index (χ0n) is 13.0. The predicted molar refractivity (Wildman–Crippen MR) is 89.8 cm³/mol. The van der Waals surface area contributed by atoms with Crippen molar-refractivity contribution in [1.82, 2.24) is 15.1 Å². The van der Waals surface area contributed by atoms with Gasteiger partial charge in [-0.2, -0.15) is 16.9 Å². The summed E-state index contributed by atoms with van der Waals surface area (Å²) in [6, 6.07) is 12.4. The van der Waals surface area contributed by atoms with Gasteiger partial charge in [-0.1, -0.05) is 37.3 Å². The van der Waals surface area contributed by atoms with Crippen LogP contribution >= 0.6 is 11.8 Å². The van der Waals surface area contributed by atoms with Crippen LogP contribution in [0.5, 0.6) is 0 Å². The number of carbonyl (C=O) groups is 1. The van der Waals surface area contributed by atoms with Gasteiger partial charge in [0.2, 0.25) is 5.91 Å². The monoisotopic (exact) mass is 315 g/mol. The van der Waals surface area contributed by atoms with Gasteiger partial charge in [-0.05, 0) is 18.6 Å². The van der Waals surface area contributed by atoms with E-state index in [1.807, 2.05) is 47.9 Å². The molecule has 1 amide bonds. The van der Waals surface area contributed by atoms with Gasteiger partial charge in [-0.15, -0.1) is 0 Å². The third-order valence-electron chi connectivity index (χ3n) is 4.05. The number of thioether (sulfide) groups is 1. The second-order valence-electron chi connectivity index (χ2n) is 5.74. The second-order valence-corrected chi connectivity index (χ2v) is 7.22. The fourth-order valence-electron chi connectivity index (χ4n) is 3.02. The van der Waals surface area contributed by atoms with Crippen molar-refractivity contribution in [1.29, 1.82) is 0 Å². The predicted octanol–water partition coefficient (Wildman–Crippen LogP) is 2.97. The lowest BCUT2D eigenvalue weighted by atomic mass is 10.0. The van der Waals surface area contributed by atoms with Crippen LogP contribution in [0, 0.1) is 6.92 Å². The number of hydrogen-bond acceptors (Lipinski definition) is 3. The van der Waals surface area contributed by atoms with Crippen LogP contribution in [-0.4, -0.2) is 38.6 Å². The highest BCUT2D eigenvalue weighted by atomic mass is 32.2. The molecule has 0 bridgehead atoms. The van der Waals surface area contributed by atoms with Gasteiger partial charge in [0.15, 0.2) is 0 Å². The summed E-state index contributed by atoms with van der Waals surface area (Å²) in [4.78, 5) is 14.8. The molecule has 0 aliphatic carbocycles. The molecule has 3 rings (SSSR count). The molecule has 0 spiro atoms. The van der Waals surface area contributed by atoms with Gasteiger partial charge in [0, 0.05) is 23.2 Å². The highest BCUT2D eigenvalue weighted by Crippen LogP contribution is 2.36. The molecule has 116 valence electrons. The number of carbonyl (C=O) groups excluding carboxylic acids is 1. The van der Waals surface area contributed by atoms with Crippen molar-refractivity contribution in [2.24, 2.45) is 0 Å². The molecule has 0 saturated carbocycles. The largest absolute Gasteiger partial charge is 0.333 e. The van der Waals surface area contributed by atoms with Crippen molar-refractivity contribution in [2.75, 3.05) is 12.3 Å². The molecular formula is C17H21N3OS. The second kappa shape index (κ2) is 6.57. The lowest BCUT2D eigenvalue weighted by Crippen LogP contribution is -2.44. The maximum Gasteiger partial charge on any atom is 0.229 e. The number of hydrogen-bond donors (Lipinski definition) is 1. The average molecular weight is 315 g/mol. The topological polar surface area (TPSA) is 49.0 Å². The number of H-pyrrole nitrogens is 1. The van der Waals surface area contributed by atoms with E-state index in [2.05, 4.69) is 29.3 Å². The number of aromatic nitrogens is 2. The van der Waals surface area contributed by atoms with E-state index < -0.39 is 0 Å². The molecule has 1 fully saturated rings. The SMILES string of the molecule is Cc1cc(CC(=O)N2CCS[C@H](C)[C@@H]2c2ccccc2)n[nH]1. The molecule has 22 heavy (non-hydrogen) atoms. The minimum Gasteiger partial charge on any atom is -0.333 e. The Labute approximate surface area is 135 Å². The van der Waals surface area contributed by atoms with Crippen LogP contribution in [0.15, 0.2) is 36.4 Å². The van der Waals surface area contributed by atoms with Crippen LogP contribution in [0.2, 0.25) is 0 Å². The molecule has 1 saturated heterocycles. The van der Waals surface area contributed by atoms with E-state index in [-0.39, 0.29) is 11.9 Å². The Morgan fingerprint density at radius 2 is 2.18 bits per heavy atom. The molecule has 1 N–H and O–H groups in total. The summed E-state index contributed by atoms with van der Waals surface area (Å²) in [6.45, 7) is 4.96. The van der Waals surface area contributed by atoms with Crippen molar-refractivity contribution in [3.05, 3.63) is 53.3 Å². The van der Waals surface area contributed by atoms with Crippen LogP contribution in [0.4, 0.5) is 0 Å². The standard InChI is InChI=1S/C17H21N3OS/c1-12-10-15(19-18-12)11-16(21)20-8-9-22-13(2)17(20)14-6-4-3-5-7-14/h3-7,10,13,17H,8-9,11H2,1-2H3,(H,18,19)/t13-,17-/m1/s1. The number of aryl methyl sites for hydroxylation is 1. The lowest BCUT2D eigenvalue weighted by Gasteiger charge is -2.40. The van der Waals surface area contributed by atoms with Gasteiger partial charge in [-0.3, -0.25) is 9.89 Å². The van der Waals surface area contributed by atoms with E-state index >= 15 is 0 Å². The van der Waals surface area contributed by atoms with Crippen molar-refractivity contribution in [2.45, 2.75) is 31.6 Å². The van der Waals surface area contributed by atoms with Gasteiger partial charge in [0.1, 0.15) is 0 Å². The summed E-state index contributed by atoms with van der Waals surface area (Å²) >= 11 is 1.94. The number of amides is 1. The summed E-state index contributed by atoms with van der Waals surface area (Å²) in [7, 11) is 0. The van der Waals surface area contributed by atoms with Gasteiger partial charge in [0.25, 0.3) is 0 Å². The van der Waals surface area contributed by atoms with Crippen molar-refractivity contribution in [3.8, 4) is 0 Å². The molecule has 1 aromatic carbocycles. The average Bonchev–Trinajstić information content (AvgIpc) is 2.93. The molecule has 4 nitrogen and oxygen atoms in total. The fourth-order valence-corrected chi connectivity index (χ4v) is 4.18. The Morgan fingerprint density at radius 1 is 1.41 bits per heavy atom. The number of benzene rings is 1. The van der Waals surface area contributed by atoms with E-state index in [1.165, 1.54) is 5.56 Å². The van der Waals surface area contributed by atoms with E-state index in [4.69, 9.17) is 0 Å². The van der Waals surface area contributed by atoms with E-state index in [0.29, 0.717) is 11.7 Å². The molecular weight excluding hydrogens is 294 g/mol. The first-order valence-corrected chi connectivity index (χ1v) is 8.67. The summed E-state index contributed by atoms with van der Waals surface area (Å²) in [5, 5.41) is 7.50. The van der Waals surface area contributed by atoms with Gasteiger partial charge < -0.3 is 4.90 Å². The summed E-state index contributed by atoms with van der Waals surface area (Å²) in [6.07, 6.45) is 0.366. The molecule has 2 heterocycles. The Morgan fingerprint density at radius 3 is 2.86 bits per heavy atom. The molecule has 1 aliphatic heterocycles. The first-order valence-electron chi connectivity index (χ1n) is 7.62. The number of rotatable bonds is 3. The van der Waals surface area contributed by atoms with Crippen molar-refractivity contribution >= 4 is 17.7 Å². The van der Waals surface area contributed by atoms with E-state index in [1.54, 1.807) is 0 Å². The number of nitrogens with one attached hydrogen (secondary N) is 1. The quantitative estimate of drug-likeness (QED) is 0.947. The van der Waals surface area contributed by atoms with Gasteiger partial charge in [0.05, 0.1) is 18.2 Å². The van der Waals surface area contributed by atoms with Crippen LogP contribution in [0.25, 0.3) is 0 Å². The van der Waals surface area contributed by atoms with Gasteiger partial charge >= 0.3 is 0 Å². The van der Waals surface area contributed by atoms with E-state index in [0.717, 1.165) is 23.7 Å². The number of aromatic amines is 1. The number of nitrogens with zero attached hydrogens (tertiary/aromatic N) is 2. The Kier molecular flexibility index (Phi) is 4.52. The molecule has 5 heteroatoms. The van der Waals surface area contributed by atoms with Crippen LogP contribution in [0.3, 0.4) is 0 Å². The zero-order valence-corrected chi connectivity index (χ0v) is 13.8. The lowest BCUT2D eigenvalue weighted by molar-refractivity contribution is -0.133. The Balaban J connectivity index is 1.81.